The van der Waals surface area contributed by atoms with E-state index in [1.165, 1.54) is 19.4 Å². The predicted molar refractivity (Wildman–Crippen MR) is 59.4 cm³/mol. The van der Waals surface area contributed by atoms with Crippen LogP contribution in [0.15, 0.2) is 0 Å². The number of nitrogens with zero attached hydrogens (tertiary/aromatic N) is 2. The summed E-state index contributed by atoms with van der Waals surface area (Å²) < 4.78 is 0. The molecule has 2 atom stereocenters. The number of aliphatic hydroxyl groups excluding tert-OH is 1. The average Bonchev–Trinajstić information content (AvgIpc) is 2.31. The zero-order valence-corrected chi connectivity index (χ0v) is 9.74. The number of rotatable bonds is 3. The van der Waals surface area contributed by atoms with Crippen LogP contribution in [0.2, 0.25) is 0 Å². The molecule has 84 valence electrons. The van der Waals surface area contributed by atoms with E-state index in [2.05, 4.69) is 30.7 Å². The second-order valence-electron chi connectivity index (χ2n) is 4.44. The summed E-state index contributed by atoms with van der Waals surface area (Å²) in [7, 11) is 2.13. The summed E-state index contributed by atoms with van der Waals surface area (Å²) in [6.45, 7) is 8.10. The molecule has 1 rings (SSSR count). The van der Waals surface area contributed by atoms with Crippen LogP contribution in [0.4, 0.5) is 0 Å². The van der Waals surface area contributed by atoms with Crippen molar-refractivity contribution in [2.75, 3.05) is 33.3 Å². The van der Waals surface area contributed by atoms with Gasteiger partial charge in [-0.2, -0.15) is 0 Å². The lowest BCUT2D eigenvalue weighted by Gasteiger charge is -2.30. The molecule has 1 heterocycles. The van der Waals surface area contributed by atoms with Crippen molar-refractivity contribution in [3.8, 4) is 0 Å². The summed E-state index contributed by atoms with van der Waals surface area (Å²) in [5.74, 6) is 0. The molecule has 0 aromatic rings. The van der Waals surface area contributed by atoms with Gasteiger partial charge in [-0.25, -0.2) is 0 Å². The first-order valence-electron chi connectivity index (χ1n) is 5.74. The minimum atomic E-state index is 0.279. The molecule has 0 saturated carbocycles. The van der Waals surface area contributed by atoms with Crippen LogP contribution in [0.25, 0.3) is 0 Å². The van der Waals surface area contributed by atoms with Crippen molar-refractivity contribution in [3.63, 3.8) is 0 Å². The van der Waals surface area contributed by atoms with Crippen molar-refractivity contribution in [2.24, 2.45) is 0 Å². The molecule has 0 aliphatic carbocycles. The van der Waals surface area contributed by atoms with E-state index in [1.54, 1.807) is 0 Å². The van der Waals surface area contributed by atoms with Gasteiger partial charge < -0.3 is 10.0 Å². The van der Waals surface area contributed by atoms with E-state index in [1.807, 2.05) is 0 Å². The van der Waals surface area contributed by atoms with Crippen LogP contribution in [-0.2, 0) is 0 Å². The first-order chi connectivity index (χ1) is 6.69. The Kier molecular flexibility index (Phi) is 4.85. The van der Waals surface area contributed by atoms with E-state index in [9.17, 15) is 5.11 Å². The van der Waals surface area contributed by atoms with Gasteiger partial charge in [-0.05, 0) is 39.9 Å². The lowest BCUT2D eigenvalue weighted by molar-refractivity contribution is 0.110. The molecule has 3 nitrogen and oxygen atoms in total. The van der Waals surface area contributed by atoms with E-state index in [0.29, 0.717) is 12.1 Å². The maximum Gasteiger partial charge on any atom is 0.0599 e. The van der Waals surface area contributed by atoms with Gasteiger partial charge in [0.1, 0.15) is 0 Å². The van der Waals surface area contributed by atoms with Gasteiger partial charge in [-0.1, -0.05) is 6.92 Å². The second kappa shape index (κ2) is 5.69. The van der Waals surface area contributed by atoms with Crippen LogP contribution in [0, 0.1) is 0 Å². The van der Waals surface area contributed by atoms with Gasteiger partial charge in [0, 0.05) is 18.6 Å². The Bertz CT molecular complexity index is 163. The SMILES string of the molecule is CCCN1CCC(C)N(C)C(CO)C1. The molecular formula is C11H24N2O. The number of hydrogen-bond acceptors (Lipinski definition) is 3. The van der Waals surface area contributed by atoms with Gasteiger partial charge in [0.25, 0.3) is 0 Å². The molecule has 3 heteroatoms. The molecule has 0 bridgehead atoms. The highest BCUT2D eigenvalue weighted by Crippen LogP contribution is 2.13. The quantitative estimate of drug-likeness (QED) is 0.729. The molecule has 1 fully saturated rings. The summed E-state index contributed by atoms with van der Waals surface area (Å²) >= 11 is 0. The van der Waals surface area contributed by atoms with Gasteiger partial charge in [-0.15, -0.1) is 0 Å². The fourth-order valence-corrected chi connectivity index (χ4v) is 2.16. The highest BCUT2D eigenvalue weighted by Gasteiger charge is 2.25. The van der Waals surface area contributed by atoms with E-state index in [-0.39, 0.29) is 6.61 Å². The van der Waals surface area contributed by atoms with Gasteiger partial charge >= 0.3 is 0 Å². The van der Waals surface area contributed by atoms with Gasteiger partial charge in [0.05, 0.1) is 6.61 Å². The van der Waals surface area contributed by atoms with Crippen LogP contribution >= 0.6 is 0 Å². The number of aliphatic hydroxyl groups is 1. The van der Waals surface area contributed by atoms with Crippen molar-refractivity contribution < 1.29 is 5.11 Å². The predicted octanol–water partition coefficient (Wildman–Crippen LogP) is 0.783. The smallest absolute Gasteiger partial charge is 0.0599 e. The Morgan fingerprint density at radius 1 is 1.43 bits per heavy atom. The van der Waals surface area contributed by atoms with Crippen molar-refractivity contribution >= 4 is 0 Å². The Morgan fingerprint density at radius 2 is 2.14 bits per heavy atom. The normalized spacial score (nSPS) is 31.7. The highest BCUT2D eigenvalue weighted by molar-refractivity contribution is 4.81. The lowest BCUT2D eigenvalue weighted by Crippen LogP contribution is -2.44. The Hall–Kier alpha value is -0.120. The summed E-state index contributed by atoms with van der Waals surface area (Å²) in [4.78, 5) is 4.79. The fourth-order valence-electron chi connectivity index (χ4n) is 2.16. The molecule has 0 aromatic carbocycles. The molecule has 1 saturated heterocycles. The first-order valence-corrected chi connectivity index (χ1v) is 5.74. The minimum Gasteiger partial charge on any atom is -0.395 e. The summed E-state index contributed by atoms with van der Waals surface area (Å²) in [6.07, 6.45) is 2.42. The van der Waals surface area contributed by atoms with Crippen molar-refractivity contribution in [1.82, 2.24) is 9.80 Å². The van der Waals surface area contributed by atoms with Crippen LogP contribution in [0.1, 0.15) is 26.7 Å². The maximum atomic E-state index is 9.32. The molecule has 0 amide bonds. The third-order valence-electron chi connectivity index (χ3n) is 3.35. The Morgan fingerprint density at radius 3 is 2.71 bits per heavy atom. The monoisotopic (exact) mass is 200 g/mol. The average molecular weight is 200 g/mol. The van der Waals surface area contributed by atoms with E-state index >= 15 is 0 Å². The van der Waals surface area contributed by atoms with Crippen LogP contribution < -0.4 is 0 Å². The molecule has 0 aromatic heterocycles. The summed E-state index contributed by atoms with van der Waals surface area (Å²) in [5, 5.41) is 9.32. The standard InChI is InChI=1S/C11H24N2O/c1-4-6-13-7-5-10(2)12(3)11(8-13)9-14/h10-11,14H,4-9H2,1-3H3. The van der Waals surface area contributed by atoms with Gasteiger partial charge in [0.2, 0.25) is 0 Å². The van der Waals surface area contributed by atoms with E-state index in [4.69, 9.17) is 0 Å². The topological polar surface area (TPSA) is 26.7 Å². The minimum absolute atomic E-state index is 0.279. The largest absolute Gasteiger partial charge is 0.395 e. The summed E-state index contributed by atoms with van der Waals surface area (Å²) in [5.41, 5.74) is 0. The molecule has 2 unspecified atom stereocenters. The highest BCUT2D eigenvalue weighted by atomic mass is 16.3. The van der Waals surface area contributed by atoms with E-state index < -0.39 is 0 Å². The Balaban J connectivity index is 2.55. The lowest BCUT2D eigenvalue weighted by atomic mass is 10.2. The number of hydrogen-bond donors (Lipinski definition) is 1. The Labute approximate surface area is 87.7 Å². The van der Waals surface area contributed by atoms with Crippen molar-refractivity contribution in [3.05, 3.63) is 0 Å². The molecular weight excluding hydrogens is 176 g/mol. The van der Waals surface area contributed by atoms with Crippen LogP contribution in [0.5, 0.6) is 0 Å². The van der Waals surface area contributed by atoms with E-state index in [0.717, 1.165) is 13.1 Å². The third-order valence-corrected chi connectivity index (χ3v) is 3.35. The summed E-state index contributed by atoms with van der Waals surface area (Å²) in [6, 6.07) is 0.910. The molecule has 0 radical (unpaired) electrons. The van der Waals surface area contributed by atoms with Crippen LogP contribution in [-0.4, -0.2) is 60.3 Å². The zero-order chi connectivity index (χ0) is 10.6. The van der Waals surface area contributed by atoms with Crippen molar-refractivity contribution in [2.45, 2.75) is 38.8 Å². The third kappa shape index (κ3) is 2.94. The molecule has 0 spiro atoms. The number of likely N-dealkylation sites (N-methyl/N-ethyl adjacent to an activating group) is 1. The van der Waals surface area contributed by atoms with Gasteiger partial charge in [-0.3, -0.25) is 4.90 Å². The second-order valence-corrected chi connectivity index (χ2v) is 4.44. The molecule has 1 N–H and O–H groups in total. The van der Waals surface area contributed by atoms with Gasteiger partial charge in [0.15, 0.2) is 0 Å². The first kappa shape index (κ1) is 12.0. The molecule has 14 heavy (non-hydrogen) atoms. The maximum absolute atomic E-state index is 9.32. The fraction of sp³-hybridized carbons (Fsp3) is 1.00. The van der Waals surface area contributed by atoms with Crippen molar-refractivity contribution in [1.29, 1.82) is 0 Å². The molecule has 1 aliphatic rings. The molecule has 1 aliphatic heterocycles. The van der Waals surface area contributed by atoms with Crippen LogP contribution in [0.3, 0.4) is 0 Å². The zero-order valence-electron chi connectivity index (χ0n) is 9.74.